The maximum absolute atomic E-state index is 12.2. The van der Waals surface area contributed by atoms with Crippen LogP contribution in [0, 0.1) is 0 Å². The molecule has 0 radical (unpaired) electrons. The highest BCUT2D eigenvalue weighted by atomic mass is 19.4. The lowest BCUT2D eigenvalue weighted by Crippen LogP contribution is -2.37. The summed E-state index contributed by atoms with van der Waals surface area (Å²) in [5, 5.41) is 12.8. The number of hydrogen-bond acceptors (Lipinski definition) is 5. The second kappa shape index (κ2) is 16.2. The van der Waals surface area contributed by atoms with E-state index in [9.17, 15) is 23.1 Å². The van der Waals surface area contributed by atoms with E-state index in [1.165, 1.54) is 0 Å². The second-order valence-corrected chi connectivity index (χ2v) is 10.1. The molecule has 0 heterocycles. The molecule has 0 saturated heterocycles. The molecular weight excluding hydrogens is 547 g/mol. The number of unbranched alkanes of at least 4 members (excludes halogenated alkanes) is 5. The van der Waals surface area contributed by atoms with Crippen molar-refractivity contribution in [3.8, 4) is 11.5 Å². The van der Waals surface area contributed by atoms with Gasteiger partial charge in [0.05, 0.1) is 26.9 Å². The van der Waals surface area contributed by atoms with Crippen LogP contribution < -0.4 is 14.8 Å². The minimum absolute atomic E-state index is 0.0138. The largest absolute Gasteiger partial charge is 0.497 e. The summed E-state index contributed by atoms with van der Waals surface area (Å²) in [7, 11) is 3.24. The van der Waals surface area contributed by atoms with Crippen molar-refractivity contribution in [3.63, 3.8) is 0 Å². The molecule has 2 N–H and O–H groups in total. The van der Waals surface area contributed by atoms with Crippen molar-refractivity contribution in [3.05, 3.63) is 95.6 Å². The summed E-state index contributed by atoms with van der Waals surface area (Å²) < 4.78 is 54.1. The van der Waals surface area contributed by atoms with E-state index in [-0.39, 0.29) is 13.2 Å². The van der Waals surface area contributed by atoms with E-state index < -0.39 is 23.8 Å². The van der Waals surface area contributed by atoms with Crippen LogP contribution in [0.25, 0.3) is 0 Å². The van der Waals surface area contributed by atoms with Gasteiger partial charge in [-0.3, -0.25) is 4.79 Å². The smallest absolute Gasteiger partial charge is 0.471 e. The first-order valence-corrected chi connectivity index (χ1v) is 14.2. The van der Waals surface area contributed by atoms with Crippen molar-refractivity contribution in [2.24, 2.45) is 0 Å². The van der Waals surface area contributed by atoms with Gasteiger partial charge in [-0.15, -0.1) is 0 Å². The van der Waals surface area contributed by atoms with Crippen molar-refractivity contribution in [2.75, 3.05) is 27.4 Å². The van der Waals surface area contributed by atoms with Crippen LogP contribution in [-0.2, 0) is 15.1 Å². The van der Waals surface area contributed by atoms with Gasteiger partial charge in [-0.05, 0) is 53.8 Å². The molecule has 228 valence electrons. The van der Waals surface area contributed by atoms with Crippen LogP contribution in [0.5, 0.6) is 11.5 Å². The van der Waals surface area contributed by atoms with Crippen LogP contribution in [0.4, 0.5) is 13.2 Å². The molecule has 0 aliphatic carbocycles. The number of rotatable bonds is 17. The molecule has 0 fully saturated rings. The van der Waals surface area contributed by atoms with Crippen molar-refractivity contribution >= 4 is 5.91 Å². The predicted molar refractivity (Wildman–Crippen MR) is 156 cm³/mol. The van der Waals surface area contributed by atoms with E-state index in [1.807, 2.05) is 84.2 Å². The predicted octanol–water partition coefficient (Wildman–Crippen LogP) is 6.78. The lowest BCUT2D eigenvalue weighted by molar-refractivity contribution is -0.173. The van der Waals surface area contributed by atoms with Gasteiger partial charge in [0.25, 0.3) is 0 Å². The molecule has 3 aromatic rings. The van der Waals surface area contributed by atoms with Gasteiger partial charge in [-0.1, -0.05) is 86.7 Å². The Hall–Kier alpha value is -3.56. The third kappa shape index (κ3) is 9.22. The summed E-state index contributed by atoms with van der Waals surface area (Å²) in [5.74, 6) is -0.447. The van der Waals surface area contributed by atoms with E-state index >= 15 is 0 Å². The normalized spacial score (nSPS) is 12.5. The van der Waals surface area contributed by atoms with Crippen LogP contribution in [0.1, 0.15) is 61.6 Å². The zero-order valence-electron chi connectivity index (χ0n) is 24.2. The molecular formula is C33H40F3NO5. The molecule has 3 rings (SSSR count). The lowest BCUT2D eigenvalue weighted by atomic mass is 9.80. The summed E-state index contributed by atoms with van der Waals surface area (Å²) in [6.07, 6.45) is -0.337. The number of hydrogen-bond donors (Lipinski definition) is 2. The first-order valence-electron chi connectivity index (χ1n) is 14.2. The Kier molecular flexibility index (Phi) is 12.7. The van der Waals surface area contributed by atoms with Gasteiger partial charge < -0.3 is 24.6 Å². The monoisotopic (exact) mass is 587 g/mol. The average molecular weight is 588 g/mol. The maximum atomic E-state index is 12.2. The van der Waals surface area contributed by atoms with Crippen LogP contribution in [0.2, 0.25) is 0 Å². The minimum atomic E-state index is -4.84. The van der Waals surface area contributed by atoms with Gasteiger partial charge in [-0.25, -0.2) is 0 Å². The van der Waals surface area contributed by atoms with Crippen LogP contribution >= 0.6 is 0 Å². The van der Waals surface area contributed by atoms with Crippen LogP contribution in [-0.4, -0.2) is 50.7 Å². The number of aliphatic hydroxyl groups excluding tert-OH is 1. The van der Waals surface area contributed by atoms with E-state index in [0.717, 1.165) is 60.3 Å². The zero-order valence-corrected chi connectivity index (χ0v) is 24.2. The quantitative estimate of drug-likeness (QED) is 0.135. The molecule has 1 amide bonds. The Labute approximate surface area is 245 Å². The molecule has 3 aromatic carbocycles. The highest BCUT2D eigenvalue weighted by Gasteiger charge is 2.39. The molecule has 42 heavy (non-hydrogen) atoms. The summed E-state index contributed by atoms with van der Waals surface area (Å²) in [6.45, 7) is 0.117. The van der Waals surface area contributed by atoms with Gasteiger partial charge in [0, 0.05) is 6.54 Å². The van der Waals surface area contributed by atoms with Crippen LogP contribution in [0.3, 0.4) is 0 Å². The summed E-state index contributed by atoms with van der Waals surface area (Å²) in [5.41, 5.74) is 1.69. The molecule has 1 unspecified atom stereocenters. The number of halogens is 3. The average Bonchev–Trinajstić information content (AvgIpc) is 3.01. The molecule has 6 nitrogen and oxygen atoms in total. The Morgan fingerprint density at radius 1 is 0.738 bits per heavy atom. The number of methoxy groups -OCH3 is 2. The molecule has 0 aliphatic heterocycles. The molecule has 0 saturated carbocycles. The first-order chi connectivity index (χ1) is 20.2. The fraction of sp³-hybridized carbons (Fsp3) is 0.424. The summed E-state index contributed by atoms with van der Waals surface area (Å²) in [6, 6.07) is 25.3. The first kappa shape index (κ1) is 32.9. The third-order valence-corrected chi connectivity index (χ3v) is 7.17. The van der Waals surface area contributed by atoms with Gasteiger partial charge >= 0.3 is 12.1 Å². The van der Waals surface area contributed by atoms with Crippen molar-refractivity contribution in [2.45, 2.75) is 62.8 Å². The van der Waals surface area contributed by atoms with Gasteiger partial charge in [-0.2, -0.15) is 13.2 Å². The number of carbonyl (C=O) groups is 1. The number of ether oxygens (including phenoxy) is 3. The molecule has 0 aliphatic rings. The van der Waals surface area contributed by atoms with E-state index in [0.29, 0.717) is 12.8 Å². The van der Waals surface area contributed by atoms with Gasteiger partial charge in [0.1, 0.15) is 17.1 Å². The second-order valence-electron chi connectivity index (χ2n) is 10.1. The van der Waals surface area contributed by atoms with Crippen molar-refractivity contribution < 1.29 is 37.3 Å². The number of aliphatic hydroxyl groups is 1. The van der Waals surface area contributed by atoms with Crippen molar-refractivity contribution in [1.29, 1.82) is 0 Å². The maximum Gasteiger partial charge on any atom is 0.471 e. The number of alkyl halides is 3. The number of carbonyl (C=O) groups excluding carboxylic acids is 1. The molecule has 0 spiro atoms. The van der Waals surface area contributed by atoms with Crippen LogP contribution in [0.15, 0.2) is 78.9 Å². The Morgan fingerprint density at radius 2 is 1.21 bits per heavy atom. The molecule has 9 heteroatoms. The summed E-state index contributed by atoms with van der Waals surface area (Å²) in [4.78, 5) is 10.8. The fourth-order valence-corrected chi connectivity index (χ4v) is 4.89. The number of amides is 1. The Morgan fingerprint density at radius 3 is 1.71 bits per heavy atom. The SMILES string of the molecule is COc1ccc(C(OCC(O)CCCCCCCCNC(=O)C(F)(F)F)(c2ccccc2)c2ccc(OC)cc2)cc1. The Bertz CT molecular complexity index is 1150. The van der Waals surface area contributed by atoms with E-state index in [2.05, 4.69) is 0 Å². The fourth-order valence-electron chi connectivity index (χ4n) is 4.89. The minimum Gasteiger partial charge on any atom is -0.497 e. The van der Waals surface area contributed by atoms with Crippen molar-refractivity contribution in [1.82, 2.24) is 5.32 Å². The topological polar surface area (TPSA) is 77.0 Å². The summed E-state index contributed by atoms with van der Waals surface area (Å²) >= 11 is 0. The highest BCUT2D eigenvalue weighted by Crippen LogP contribution is 2.41. The molecule has 0 aromatic heterocycles. The number of nitrogens with one attached hydrogen (secondary N) is 1. The van der Waals surface area contributed by atoms with Gasteiger partial charge in [0.2, 0.25) is 0 Å². The van der Waals surface area contributed by atoms with E-state index in [1.54, 1.807) is 14.2 Å². The standard InChI is InChI=1S/C33H40F3NO5/c1-40-29-19-15-26(16-20-29)32(25-12-8-7-9-13-25,27-17-21-30(41-2)22-18-27)42-24-28(38)14-10-5-3-4-6-11-23-37-31(39)33(34,35)36/h7-9,12-13,15-22,28,38H,3-6,10-11,14,23-24H2,1-2H3,(H,37,39). The zero-order chi connectivity index (χ0) is 30.4. The Balaban J connectivity index is 1.62. The lowest BCUT2D eigenvalue weighted by Gasteiger charge is -2.36. The highest BCUT2D eigenvalue weighted by molar-refractivity contribution is 5.81. The third-order valence-electron chi connectivity index (χ3n) is 7.17. The molecule has 0 bridgehead atoms. The van der Waals surface area contributed by atoms with Gasteiger partial charge in [0.15, 0.2) is 0 Å². The molecule has 1 atom stereocenters. The number of benzene rings is 3. The van der Waals surface area contributed by atoms with E-state index in [4.69, 9.17) is 14.2 Å².